The number of aromatic nitrogens is 1. The summed E-state index contributed by atoms with van der Waals surface area (Å²) in [4.78, 5) is 26.6. The molecule has 1 saturated carbocycles. The number of halogens is 5. The second-order valence-corrected chi connectivity index (χ2v) is 12.1. The Morgan fingerprint density at radius 3 is 2.50 bits per heavy atom. The maximum Gasteiger partial charge on any atom is 0.298 e. The minimum Gasteiger partial charge on any atom is -0.454 e. The molecule has 3 aromatic rings. The van der Waals surface area contributed by atoms with Gasteiger partial charge in [-0.3, -0.25) is 18.9 Å². The number of rotatable bonds is 9. The molecule has 1 aliphatic rings. The van der Waals surface area contributed by atoms with Gasteiger partial charge in [0, 0.05) is 24.1 Å². The summed E-state index contributed by atoms with van der Waals surface area (Å²) in [6, 6.07) is 6.82. The molecule has 16 heteroatoms. The number of benzene rings is 2. The van der Waals surface area contributed by atoms with E-state index in [0.717, 1.165) is 4.57 Å². The molecule has 10 nitrogen and oxygen atoms in total. The first kappa shape index (κ1) is 30.0. The number of hydrogen-bond acceptors (Lipinski definition) is 6. The van der Waals surface area contributed by atoms with Gasteiger partial charge in [0.05, 0.1) is 23.0 Å². The molecule has 0 radical (unpaired) electrons. The number of ether oxygens (including phenoxy) is 1. The van der Waals surface area contributed by atoms with Gasteiger partial charge >= 0.3 is 0 Å². The zero-order chi connectivity index (χ0) is 29.6. The Labute approximate surface area is 245 Å². The van der Waals surface area contributed by atoms with Gasteiger partial charge in [0.2, 0.25) is 0 Å². The van der Waals surface area contributed by atoms with Crippen LogP contribution in [0.1, 0.15) is 22.3 Å². The molecule has 4 rings (SSSR count). The van der Waals surface area contributed by atoms with Crippen LogP contribution in [0.2, 0.25) is 5.02 Å². The fourth-order valence-electron chi connectivity index (χ4n) is 3.69. The van der Waals surface area contributed by atoms with Gasteiger partial charge < -0.3 is 15.4 Å². The molecule has 0 aliphatic heterocycles. The molecule has 0 spiro atoms. The maximum absolute atomic E-state index is 14.7. The molecular weight excluding hydrogens is 690 g/mol. The smallest absolute Gasteiger partial charge is 0.298 e. The van der Waals surface area contributed by atoms with Gasteiger partial charge in [-0.05, 0) is 59.8 Å². The zero-order valence-electron chi connectivity index (χ0n) is 21.0. The van der Waals surface area contributed by atoms with Gasteiger partial charge in [-0.25, -0.2) is 17.9 Å². The predicted molar refractivity (Wildman–Crippen MR) is 153 cm³/mol. The first-order valence-corrected chi connectivity index (χ1v) is 14.4. The van der Waals surface area contributed by atoms with E-state index in [2.05, 4.69) is 20.1 Å². The summed E-state index contributed by atoms with van der Waals surface area (Å²) in [6.07, 6.45) is -0.576. The number of alkyl halides is 2. The second-order valence-electron chi connectivity index (χ2n) is 8.81. The fourth-order valence-corrected chi connectivity index (χ4v) is 4.97. The Balaban J connectivity index is 1.88. The van der Waals surface area contributed by atoms with Crippen molar-refractivity contribution in [3.8, 4) is 11.5 Å². The van der Waals surface area contributed by atoms with E-state index in [9.17, 15) is 31.2 Å². The molecule has 0 unspecified atom stereocenters. The van der Waals surface area contributed by atoms with E-state index in [0.29, 0.717) is 3.57 Å². The van der Waals surface area contributed by atoms with Crippen molar-refractivity contribution in [2.24, 2.45) is 7.05 Å². The molecule has 40 heavy (non-hydrogen) atoms. The molecule has 1 atom stereocenters. The molecule has 4 N–H and O–H groups in total. The van der Waals surface area contributed by atoms with E-state index < -0.39 is 45.9 Å². The quantitative estimate of drug-likeness (QED) is 0.240. The number of nitrogens with zero attached hydrogens (tertiary/aromatic N) is 1. The van der Waals surface area contributed by atoms with Crippen LogP contribution in [0, 0.1) is 16.3 Å². The SMILES string of the molecule is CNS(=O)(=O)Nc1cccc(Oc2c(C(=O)N[C@@H]3CC3(F)F)c(Nc3ccc(I)cc3F)n(C)c(=O)c2C)c1Cl. The van der Waals surface area contributed by atoms with E-state index in [1.54, 1.807) is 6.07 Å². The Hall–Kier alpha value is -3.02. The second kappa shape index (κ2) is 11.1. The fraction of sp³-hybridized carbons (Fsp3) is 0.250. The number of nitrogens with one attached hydrogen (secondary N) is 4. The van der Waals surface area contributed by atoms with Crippen LogP contribution in [0.5, 0.6) is 11.5 Å². The lowest BCUT2D eigenvalue weighted by Crippen LogP contribution is -2.33. The Bertz CT molecular complexity index is 1690. The third-order valence-corrected chi connectivity index (χ3v) is 8.08. The molecule has 0 bridgehead atoms. The molecule has 1 amide bonds. The predicted octanol–water partition coefficient (Wildman–Crippen LogP) is 4.64. The van der Waals surface area contributed by atoms with Crippen molar-refractivity contribution in [2.45, 2.75) is 25.3 Å². The number of pyridine rings is 1. The summed E-state index contributed by atoms with van der Waals surface area (Å²) < 4.78 is 77.9. The molecule has 1 aliphatic carbocycles. The van der Waals surface area contributed by atoms with Crippen molar-refractivity contribution in [1.29, 1.82) is 0 Å². The Morgan fingerprint density at radius 2 is 1.90 bits per heavy atom. The van der Waals surface area contributed by atoms with Crippen LogP contribution in [0.4, 0.5) is 30.4 Å². The minimum absolute atomic E-state index is 0.0852. The highest BCUT2D eigenvalue weighted by atomic mass is 127. The summed E-state index contributed by atoms with van der Waals surface area (Å²) in [6.45, 7) is 1.34. The third-order valence-electron chi connectivity index (χ3n) is 6.00. The Kier molecular flexibility index (Phi) is 8.31. The largest absolute Gasteiger partial charge is 0.454 e. The molecule has 0 saturated heterocycles. The summed E-state index contributed by atoms with van der Waals surface area (Å²) in [5, 5.41) is 4.71. The normalized spacial score (nSPS) is 15.8. The molecule has 2 aromatic carbocycles. The highest BCUT2D eigenvalue weighted by molar-refractivity contribution is 14.1. The number of hydrogen-bond donors (Lipinski definition) is 4. The highest BCUT2D eigenvalue weighted by Gasteiger charge is 2.58. The van der Waals surface area contributed by atoms with Crippen LogP contribution in [0.15, 0.2) is 41.2 Å². The first-order valence-electron chi connectivity index (χ1n) is 11.5. The molecule has 1 fully saturated rings. The van der Waals surface area contributed by atoms with Gasteiger partial charge in [-0.15, -0.1) is 0 Å². The number of amides is 1. The van der Waals surface area contributed by atoms with Gasteiger partial charge in [0.25, 0.3) is 27.6 Å². The number of anilines is 3. The Morgan fingerprint density at radius 1 is 1.23 bits per heavy atom. The monoisotopic (exact) mass is 711 g/mol. The molecule has 1 aromatic heterocycles. The lowest BCUT2D eigenvalue weighted by Gasteiger charge is -2.22. The summed E-state index contributed by atoms with van der Waals surface area (Å²) in [5.41, 5.74) is -1.31. The van der Waals surface area contributed by atoms with Gasteiger partial charge in [0.15, 0.2) is 5.75 Å². The number of carbonyl (C=O) groups excluding carboxylic acids is 1. The third kappa shape index (κ3) is 6.16. The van der Waals surface area contributed by atoms with E-state index in [-0.39, 0.29) is 44.8 Å². The summed E-state index contributed by atoms with van der Waals surface area (Å²) >= 11 is 8.29. The van der Waals surface area contributed by atoms with Crippen LogP contribution in [-0.2, 0) is 17.3 Å². The zero-order valence-corrected chi connectivity index (χ0v) is 24.8. The van der Waals surface area contributed by atoms with E-state index in [1.165, 1.54) is 51.4 Å². The van der Waals surface area contributed by atoms with E-state index >= 15 is 0 Å². The van der Waals surface area contributed by atoms with Crippen LogP contribution < -0.4 is 30.4 Å². The summed E-state index contributed by atoms with van der Waals surface area (Å²) in [5.74, 6) is -5.58. The van der Waals surface area contributed by atoms with Gasteiger partial charge in [-0.1, -0.05) is 17.7 Å². The standard InChI is InChI=1S/C24H22ClF3IN5O5S/c1-11-20(39-16-6-4-5-15(19(16)25)33-40(37,38)30-2)18(22(35)32-17-10-24(17,27)28)21(34(3)23(11)36)31-14-8-7-12(29)9-13(14)26/h4-9,17,30-31,33H,10H2,1-3H3,(H,32,35)/t17-/m1/s1. The lowest BCUT2D eigenvalue weighted by atomic mass is 10.1. The van der Waals surface area contributed by atoms with Gasteiger partial charge in [-0.2, -0.15) is 8.42 Å². The van der Waals surface area contributed by atoms with Crippen molar-refractivity contribution in [3.63, 3.8) is 0 Å². The lowest BCUT2D eigenvalue weighted by molar-refractivity contribution is 0.0847. The maximum atomic E-state index is 14.7. The van der Waals surface area contributed by atoms with Gasteiger partial charge in [0.1, 0.15) is 28.0 Å². The van der Waals surface area contributed by atoms with Crippen LogP contribution in [0.3, 0.4) is 0 Å². The molecule has 1 heterocycles. The average molecular weight is 712 g/mol. The van der Waals surface area contributed by atoms with Crippen molar-refractivity contribution in [1.82, 2.24) is 14.6 Å². The first-order chi connectivity index (χ1) is 18.6. The topological polar surface area (TPSA) is 131 Å². The van der Waals surface area contributed by atoms with Crippen molar-refractivity contribution < 1.29 is 31.1 Å². The summed E-state index contributed by atoms with van der Waals surface area (Å²) in [7, 11) is -1.47. The van der Waals surface area contributed by atoms with Crippen molar-refractivity contribution in [3.05, 3.63) is 72.3 Å². The van der Waals surface area contributed by atoms with E-state index in [1.807, 2.05) is 22.6 Å². The van der Waals surface area contributed by atoms with Crippen LogP contribution >= 0.6 is 34.2 Å². The average Bonchev–Trinajstić information content (AvgIpc) is 3.49. The van der Waals surface area contributed by atoms with E-state index in [4.69, 9.17) is 16.3 Å². The van der Waals surface area contributed by atoms with Crippen molar-refractivity contribution >= 4 is 67.5 Å². The van der Waals surface area contributed by atoms with Crippen LogP contribution in [0.25, 0.3) is 0 Å². The highest BCUT2D eigenvalue weighted by Crippen LogP contribution is 2.43. The van der Waals surface area contributed by atoms with Crippen molar-refractivity contribution in [2.75, 3.05) is 17.1 Å². The minimum atomic E-state index is -3.97. The molecular formula is C24H22ClF3IN5O5S. The van der Waals surface area contributed by atoms with Crippen LogP contribution in [-0.4, -0.2) is 37.9 Å². The number of carbonyl (C=O) groups is 1. The molecule has 214 valence electrons.